The third-order valence-electron chi connectivity index (χ3n) is 3.52. The predicted molar refractivity (Wildman–Crippen MR) is 68.0 cm³/mol. The van der Waals surface area contributed by atoms with Crippen LogP contribution in [-0.2, 0) is 11.2 Å². The first-order chi connectivity index (χ1) is 8.54. The Balaban J connectivity index is 2.30. The molecule has 18 heavy (non-hydrogen) atoms. The molecule has 1 aromatic rings. The lowest BCUT2D eigenvalue weighted by molar-refractivity contribution is 0.0327. The maximum atomic E-state index is 12.0. The van der Waals surface area contributed by atoms with Gasteiger partial charge in [0.15, 0.2) is 5.78 Å². The molecule has 0 bridgehead atoms. The number of aryl methyl sites for hydroxylation is 1. The third kappa shape index (κ3) is 2.19. The van der Waals surface area contributed by atoms with Crippen LogP contribution in [-0.4, -0.2) is 22.8 Å². The fourth-order valence-corrected chi connectivity index (χ4v) is 2.30. The minimum Gasteiger partial charge on any atom is -0.458 e. The van der Waals surface area contributed by atoms with E-state index in [0.717, 1.165) is 30.5 Å². The summed E-state index contributed by atoms with van der Waals surface area (Å²) in [4.78, 5) is 26.9. The third-order valence-corrected chi connectivity index (χ3v) is 3.52. The molecule has 0 aliphatic heterocycles. The quantitative estimate of drug-likeness (QED) is 0.838. The number of H-pyrrole nitrogens is 1. The van der Waals surface area contributed by atoms with Crippen LogP contribution in [0.4, 0.5) is 0 Å². The Kier molecular flexibility index (Phi) is 3.55. The van der Waals surface area contributed by atoms with E-state index in [1.165, 1.54) is 0 Å². The summed E-state index contributed by atoms with van der Waals surface area (Å²) in [5.41, 5.74) is 2.77. The van der Waals surface area contributed by atoms with Gasteiger partial charge in [0.2, 0.25) is 0 Å². The minimum atomic E-state index is -0.357. The lowest BCUT2D eigenvalue weighted by atomic mass is 9.94. The molecule has 1 aliphatic rings. The van der Waals surface area contributed by atoms with Crippen molar-refractivity contribution in [2.45, 2.75) is 52.6 Å². The molecule has 0 aromatic carbocycles. The molecule has 1 N–H and O–H groups in total. The van der Waals surface area contributed by atoms with Crippen LogP contribution < -0.4 is 0 Å². The average Bonchev–Trinajstić information content (AvgIpc) is 2.68. The number of ether oxygens (including phenoxy) is 1. The van der Waals surface area contributed by atoms with Gasteiger partial charge >= 0.3 is 5.97 Å². The summed E-state index contributed by atoms with van der Waals surface area (Å²) >= 11 is 0. The van der Waals surface area contributed by atoms with E-state index in [-0.39, 0.29) is 17.9 Å². The van der Waals surface area contributed by atoms with E-state index in [1.54, 1.807) is 0 Å². The van der Waals surface area contributed by atoms with Crippen molar-refractivity contribution in [1.82, 2.24) is 4.98 Å². The van der Waals surface area contributed by atoms with Crippen molar-refractivity contribution in [3.8, 4) is 0 Å². The molecule has 4 nitrogen and oxygen atoms in total. The number of aromatic nitrogens is 1. The lowest BCUT2D eigenvalue weighted by Crippen LogP contribution is -2.15. The van der Waals surface area contributed by atoms with Crippen molar-refractivity contribution in [3.05, 3.63) is 22.5 Å². The van der Waals surface area contributed by atoms with Crippen LogP contribution in [0, 0.1) is 6.92 Å². The Morgan fingerprint density at radius 2 is 2.17 bits per heavy atom. The van der Waals surface area contributed by atoms with Gasteiger partial charge in [-0.15, -0.1) is 0 Å². The molecule has 1 aliphatic carbocycles. The normalized spacial score (nSPS) is 16.3. The summed E-state index contributed by atoms with van der Waals surface area (Å²) in [6, 6.07) is 0. The summed E-state index contributed by atoms with van der Waals surface area (Å²) in [5, 5.41) is 0. The Morgan fingerprint density at radius 3 is 2.78 bits per heavy atom. The van der Waals surface area contributed by atoms with Gasteiger partial charge in [-0.3, -0.25) is 4.79 Å². The first-order valence-corrected chi connectivity index (χ1v) is 6.50. The van der Waals surface area contributed by atoms with E-state index in [9.17, 15) is 9.59 Å². The van der Waals surface area contributed by atoms with Crippen molar-refractivity contribution in [1.29, 1.82) is 0 Å². The number of Topliss-reactive ketones (excluding diaryl/α,β-unsaturated/α-hetero) is 1. The molecule has 0 saturated carbocycles. The number of fused-ring (bicyclic) bond motifs is 1. The van der Waals surface area contributed by atoms with Gasteiger partial charge in [-0.2, -0.15) is 0 Å². The molecule has 0 amide bonds. The molecule has 1 aromatic heterocycles. The summed E-state index contributed by atoms with van der Waals surface area (Å²) in [6.07, 6.45) is 2.94. The molecule has 1 atom stereocenters. The Labute approximate surface area is 107 Å². The fourth-order valence-electron chi connectivity index (χ4n) is 2.30. The molecule has 1 unspecified atom stereocenters. The van der Waals surface area contributed by atoms with Gasteiger partial charge in [-0.05, 0) is 38.7 Å². The number of nitrogens with one attached hydrogen (secondary N) is 1. The number of carbonyl (C=O) groups excluding carboxylic acids is 2. The predicted octanol–water partition coefficient (Wildman–Crippen LogP) is 2.80. The van der Waals surface area contributed by atoms with Crippen LogP contribution in [0.25, 0.3) is 0 Å². The largest absolute Gasteiger partial charge is 0.458 e. The Morgan fingerprint density at radius 1 is 1.44 bits per heavy atom. The fraction of sp³-hybridized carbons (Fsp3) is 0.571. The molecule has 1 heterocycles. The summed E-state index contributed by atoms with van der Waals surface area (Å²) < 4.78 is 5.30. The first-order valence-electron chi connectivity index (χ1n) is 6.50. The highest BCUT2D eigenvalue weighted by molar-refractivity contribution is 6.03. The number of esters is 1. The number of aromatic amines is 1. The SMILES string of the molecule is CCC(C)OC(=O)c1[nH]c2c(c1C)C(=O)CCC2. The molecule has 0 fully saturated rings. The van der Waals surface area contributed by atoms with Crippen LogP contribution in [0.5, 0.6) is 0 Å². The Bertz CT molecular complexity index is 487. The second-order valence-corrected chi connectivity index (χ2v) is 4.88. The second kappa shape index (κ2) is 4.96. The van der Waals surface area contributed by atoms with Gasteiger partial charge in [0.1, 0.15) is 5.69 Å². The summed E-state index contributed by atoms with van der Waals surface area (Å²) in [5.74, 6) is -0.225. The molecule has 0 saturated heterocycles. The molecular formula is C14H19NO3. The van der Waals surface area contributed by atoms with Crippen molar-refractivity contribution in [2.24, 2.45) is 0 Å². The smallest absolute Gasteiger partial charge is 0.355 e. The van der Waals surface area contributed by atoms with Crippen molar-refractivity contribution in [2.75, 3.05) is 0 Å². The van der Waals surface area contributed by atoms with Gasteiger partial charge in [-0.25, -0.2) is 4.79 Å². The van der Waals surface area contributed by atoms with E-state index in [2.05, 4.69) is 4.98 Å². The van der Waals surface area contributed by atoms with E-state index in [1.807, 2.05) is 20.8 Å². The summed E-state index contributed by atoms with van der Waals surface area (Å²) in [6.45, 7) is 5.64. The number of carbonyl (C=O) groups is 2. The number of hydrogen-bond donors (Lipinski definition) is 1. The van der Waals surface area contributed by atoms with E-state index in [0.29, 0.717) is 17.7 Å². The zero-order valence-electron chi connectivity index (χ0n) is 11.1. The monoisotopic (exact) mass is 249 g/mol. The molecule has 2 rings (SSSR count). The lowest BCUT2D eigenvalue weighted by Gasteiger charge is -2.10. The first kappa shape index (κ1) is 12.9. The molecular weight excluding hydrogens is 230 g/mol. The maximum absolute atomic E-state index is 12.0. The van der Waals surface area contributed by atoms with Gasteiger partial charge in [-0.1, -0.05) is 6.92 Å². The van der Waals surface area contributed by atoms with Gasteiger partial charge in [0.25, 0.3) is 0 Å². The highest BCUT2D eigenvalue weighted by Crippen LogP contribution is 2.27. The van der Waals surface area contributed by atoms with Gasteiger partial charge in [0, 0.05) is 17.7 Å². The number of hydrogen-bond acceptors (Lipinski definition) is 3. The molecule has 4 heteroatoms. The van der Waals surface area contributed by atoms with Crippen LogP contribution in [0.15, 0.2) is 0 Å². The maximum Gasteiger partial charge on any atom is 0.355 e. The number of ketones is 1. The van der Waals surface area contributed by atoms with Crippen LogP contribution in [0.2, 0.25) is 0 Å². The zero-order chi connectivity index (χ0) is 13.3. The zero-order valence-corrected chi connectivity index (χ0v) is 11.1. The van der Waals surface area contributed by atoms with Crippen molar-refractivity contribution in [3.63, 3.8) is 0 Å². The topological polar surface area (TPSA) is 59.2 Å². The van der Waals surface area contributed by atoms with Crippen LogP contribution >= 0.6 is 0 Å². The minimum absolute atomic E-state index is 0.104. The van der Waals surface area contributed by atoms with Crippen LogP contribution in [0.1, 0.15) is 65.2 Å². The highest BCUT2D eigenvalue weighted by Gasteiger charge is 2.27. The molecule has 98 valence electrons. The van der Waals surface area contributed by atoms with Gasteiger partial charge in [0.05, 0.1) is 6.10 Å². The van der Waals surface area contributed by atoms with Gasteiger partial charge < -0.3 is 9.72 Å². The Hall–Kier alpha value is -1.58. The highest BCUT2D eigenvalue weighted by atomic mass is 16.5. The molecule has 0 spiro atoms. The average molecular weight is 249 g/mol. The molecule has 0 radical (unpaired) electrons. The van der Waals surface area contributed by atoms with E-state index < -0.39 is 0 Å². The summed E-state index contributed by atoms with van der Waals surface area (Å²) in [7, 11) is 0. The second-order valence-electron chi connectivity index (χ2n) is 4.88. The van der Waals surface area contributed by atoms with Crippen molar-refractivity contribution >= 4 is 11.8 Å². The van der Waals surface area contributed by atoms with E-state index in [4.69, 9.17) is 4.74 Å². The number of rotatable bonds is 3. The van der Waals surface area contributed by atoms with E-state index >= 15 is 0 Å². The van der Waals surface area contributed by atoms with Crippen LogP contribution in [0.3, 0.4) is 0 Å². The van der Waals surface area contributed by atoms with Crippen molar-refractivity contribution < 1.29 is 14.3 Å². The standard InChI is InChI=1S/C14H19NO3/c1-4-8(2)18-14(17)13-9(3)12-10(15-13)6-5-7-11(12)16/h8,15H,4-7H2,1-3H3.